The molecule has 0 spiro atoms. The van der Waals surface area contributed by atoms with E-state index in [0.29, 0.717) is 31.8 Å². The van der Waals surface area contributed by atoms with E-state index < -0.39 is 0 Å². The van der Waals surface area contributed by atoms with E-state index in [-0.39, 0.29) is 29.8 Å². The van der Waals surface area contributed by atoms with Crippen LogP contribution in [0.4, 0.5) is 4.79 Å². The molecule has 2 fully saturated rings. The van der Waals surface area contributed by atoms with Crippen LogP contribution in [0.25, 0.3) is 0 Å². The van der Waals surface area contributed by atoms with Crippen molar-refractivity contribution >= 4 is 12.0 Å². The quantitative estimate of drug-likeness (QED) is 0.825. The fourth-order valence-corrected chi connectivity index (χ4v) is 3.71. The largest absolute Gasteiger partial charge is 0.504 e. The van der Waals surface area contributed by atoms with Crippen LogP contribution in [0.1, 0.15) is 44.1 Å². The third-order valence-electron chi connectivity index (χ3n) is 5.35. The Balaban J connectivity index is 1.45. The number of phenols is 1. The van der Waals surface area contributed by atoms with Gasteiger partial charge in [0.25, 0.3) is 0 Å². The summed E-state index contributed by atoms with van der Waals surface area (Å²) in [5.41, 5.74) is 0.838. The first kappa shape index (κ1) is 19.3. The number of aromatic hydroxyl groups is 1. The minimum Gasteiger partial charge on any atom is -0.504 e. The van der Waals surface area contributed by atoms with Gasteiger partial charge in [0, 0.05) is 19.6 Å². The molecule has 1 aliphatic heterocycles. The van der Waals surface area contributed by atoms with Gasteiger partial charge in [0.1, 0.15) is 6.10 Å². The van der Waals surface area contributed by atoms with E-state index in [1.165, 1.54) is 13.5 Å². The van der Waals surface area contributed by atoms with E-state index in [0.717, 1.165) is 31.2 Å². The minimum atomic E-state index is -0.291. The number of likely N-dealkylation sites (tertiary alicyclic amines) is 1. The molecule has 7 heteroatoms. The zero-order valence-electron chi connectivity index (χ0n) is 15.8. The van der Waals surface area contributed by atoms with Gasteiger partial charge in [-0.2, -0.15) is 0 Å². The summed E-state index contributed by atoms with van der Waals surface area (Å²) in [6.45, 7) is 1.30. The molecule has 3 rings (SSSR count). The lowest BCUT2D eigenvalue weighted by atomic mass is 9.98. The summed E-state index contributed by atoms with van der Waals surface area (Å²) >= 11 is 0. The molecule has 1 aromatic carbocycles. The summed E-state index contributed by atoms with van der Waals surface area (Å²) < 4.78 is 10.7. The number of ether oxygens (including phenoxy) is 2. The van der Waals surface area contributed by atoms with Crippen molar-refractivity contribution in [1.82, 2.24) is 10.2 Å². The Morgan fingerprint density at radius 1 is 1.22 bits per heavy atom. The molecule has 1 unspecified atom stereocenters. The van der Waals surface area contributed by atoms with Gasteiger partial charge in [0.2, 0.25) is 5.91 Å². The maximum Gasteiger partial charge on any atom is 0.410 e. The predicted octanol–water partition coefficient (Wildman–Crippen LogP) is 2.81. The van der Waals surface area contributed by atoms with Crippen molar-refractivity contribution in [2.75, 3.05) is 20.2 Å². The summed E-state index contributed by atoms with van der Waals surface area (Å²) in [6.07, 6.45) is 5.72. The van der Waals surface area contributed by atoms with Gasteiger partial charge in [0.15, 0.2) is 11.5 Å². The lowest BCUT2D eigenvalue weighted by molar-refractivity contribution is -0.124. The molecular formula is C20H28N2O5. The zero-order valence-corrected chi connectivity index (χ0v) is 15.8. The van der Waals surface area contributed by atoms with Crippen LogP contribution in [0.15, 0.2) is 18.2 Å². The van der Waals surface area contributed by atoms with Gasteiger partial charge in [-0.15, -0.1) is 0 Å². The second-order valence-corrected chi connectivity index (χ2v) is 7.30. The van der Waals surface area contributed by atoms with Crippen molar-refractivity contribution in [3.05, 3.63) is 23.8 Å². The van der Waals surface area contributed by atoms with Crippen LogP contribution < -0.4 is 10.1 Å². The van der Waals surface area contributed by atoms with Crippen molar-refractivity contribution in [1.29, 1.82) is 0 Å². The molecule has 1 heterocycles. The molecule has 1 saturated heterocycles. The summed E-state index contributed by atoms with van der Waals surface area (Å²) in [5.74, 6) is 0.146. The second-order valence-electron chi connectivity index (χ2n) is 7.30. The number of benzene rings is 1. The highest BCUT2D eigenvalue weighted by molar-refractivity contribution is 5.80. The summed E-state index contributed by atoms with van der Waals surface area (Å²) in [5, 5.41) is 12.5. The number of carbonyl (C=O) groups is 2. The molecule has 2 aliphatic rings. The van der Waals surface area contributed by atoms with E-state index in [2.05, 4.69) is 5.32 Å². The number of methoxy groups -OCH3 is 1. The van der Waals surface area contributed by atoms with Gasteiger partial charge in [-0.05, 0) is 49.8 Å². The highest BCUT2D eigenvalue weighted by Gasteiger charge is 2.33. The molecule has 0 aromatic heterocycles. The van der Waals surface area contributed by atoms with Crippen LogP contribution in [0, 0.1) is 5.92 Å². The smallest absolute Gasteiger partial charge is 0.410 e. The number of rotatable bonds is 5. The van der Waals surface area contributed by atoms with Gasteiger partial charge in [-0.1, -0.05) is 12.5 Å². The first-order valence-electron chi connectivity index (χ1n) is 9.66. The molecule has 7 nitrogen and oxygen atoms in total. The van der Waals surface area contributed by atoms with Gasteiger partial charge in [-0.25, -0.2) is 4.79 Å². The highest BCUT2D eigenvalue weighted by atomic mass is 16.6. The van der Waals surface area contributed by atoms with Crippen LogP contribution in [0.3, 0.4) is 0 Å². The third-order valence-corrected chi connectivity index (χ3v) is 5.35. The summed E-state index contributed by atoms with van der Waals surface area (Å²) in [6, 6.07) is 4.97. The van der Waals surface area contributed by atoms with Crippen molar-refractivity contribution in [3.8, 4) is 11.5 Å². The molecule has 148 valence electrons. The van der Waals surface area contributed by atoms with Crippen LogP contribution in [0.2, 0.25) is 0 Å². The van der Waals surface area contributed by atoms with Gasteiger partial charge < -0.3 is 24.8 Å². The van der Waals surface area contributed by atoms with Crippen molar-refractivity contribution in [3.63, 3.8) is 0 Å². The van der Waals surface area contributed by atoms with Crippen LogP contribution in [-0.2, 0) is 16.1 Å². The fourth-order valence-electron chi connectivity index (χ4n) is 3.71. The number of nitrogens with zero attached hydrogens (tertiary/aromatic N) is 1. The molecule has 1 saturated carbocycles. The van der Waals surface area contributed by atoms with Crippen LogP contribution >= 0.6 is 0 Å². The standard InChI is InChI=1S/C20H28N2O5/c1-26-18-11-14(7-8-17(18)23)12-21-19(24)15-9-10-22(13-15)20(25)27-16-5-3-2-4-6-16/h7-8,11,15-16,23H,2-6,9-10,12-13H2,1H3,(H,21,24). The fraction of sp³-hybridized carbons (Fsp3) is 0.600. The SMILES string of the molecule is COc1cc(CNC(=O)C2CCN(C(=O)OC3CCCCC3)C2)ccc1O. The Bertz CT molecular complexity index is 672. The molecule has 0 bridgehead atoms. The Hall–Kier alpha value is -2.44. The molecule has 1 aromatic rings. The van der Waals surface area contributed by atoms with E-state index in [9.17, 15) is 14.7 Å². The van der Waals surface area contributed by atoms with Gasteiger partial charge >= 0.3 is 6.09 Å². The molecule has 2 N–H and O–H groups in total. The Labute approximate surface area is 159 Å². The first-order chi connectivity index (χ1) is 13.1. The lowest BCUT2D eigenvalue weighted by Gasteiger charge is -2.25. The molecule has 27 heavy (non-hydrogen) atoms. The number of carbonyl (C=O) groups excluding carboxylic acids is 2. The van der Waals surface area contributed by atoms with Crippen molar-refractivity contribution in [2.24, 2.45) is 5.92 Å². The van der Waals surface area contributed by atoms with Crippen molar-refractivity contribution in [2.45, 2.75) is 51.2 Å². The van der Waals surface area contributed by atoms with E-state index in [1.807, 2.05) is 0 Å². The molecule has 0 radical (unpaired) electrons. The topological polar surface area (TPSA) is 88.1 Å². The number of hydrogen-bond acceptors (Lipinski definition) is 5. The second kappa shape index (κ2) is 8.97. The van der Waals surface area contributed by atoms with E-state index in [1.54, 1.807) is 23.1 Å². The summed E-state index contributed by atoms with van der Waals surface area (Å²) in [7, 11) is 1.48. The lowest BCUT2D eigenvalue weighted by Crippen LogP contribution is -2.36. The molecular weight excluding hydrogens is 348 g/mol. The normalized spacial score (nSPS) is 20.3. The number of phenolic OH excluding ortho intramolecular Hbond substituents is 1. The Morgan fingerprint density at radius 3 is 2.74 bits per heavy atom. The number of hydrogen-bond donors (Lipinski definition) is 2. The molecule has 1 aliphatic carbocycles. The first-order valence-corrected chi connectivity index (χ1v) is 9.66. The van der Waals surface area contributed by atoms with Gasteiger partial charge in [-0.3, -0.25) is 4.79 Å². The Kier molecular flexibility index (Phi) is 6.42. The highest BCUT2D eigenvalue weighted by Crippen LogP contribution is 2.26. The number of nitrogens with one attached hydrogen (secondary N) is 1. The van der Waals surface area contributed by atoms with Gasteiger partial charge in [0.05, 0.1) is 13.0 Å². The van der Waals surface area contributed by atoms with Crippen LogP contribution in [-0.4, -0.2) is 48.3 Å². The van der Waals surface area contributed by atoms with Crippen molar-refractivity contribution < 1.29 is 24.2 Å². The molecule has 1 atom stereocenters. The van der Waals surface area contributed by atoms with E-state index in [4.69, 9.17) is 9.47 Å². The molecule has 2 amide bonds. The predicted molar refractivity (Wildman–Crippen MR) is 99.5 cm³/mol. The third kappa shape index (κ3) is 5.05. The maximum atomic E-state index is 12.4. The zero-order chi connectivity index (χ0) is 19.2. The summed E-state index contributed by atoms with van der Waals surface area (Å²) in [4.78, 5) is 26.4. The Morgan fingerprint density at radius 2 is 2.00 bits per heavy atom. The van der Waals surface area contributed by atoms with Crippen LogP contribution in [0.5, 0.6) is 11.5 Å². The monoisotopic (exact) mass is 376 g/mol. The average Bonchev–Trinajstić information content (AvgIpc) is 3.18. The maximum absolute atomic E-state index is 12.4. The minimum absolute atomic E-state index is 0.0311. The average molecular weight is 376 g/mol. The number of amides is 2. The van der Waals surface area contributed by atoms with E-state index >= 15 is 0 Å².